The Hall–Kier alpha value is 0.288. The first-order chi connectivity index (χ1) is 5.13. The Bertz CT molecular complexity index is 140. The van der Waals surface area contributed by atoms with Gasteiger partial charge in [-0.2, -0.15) is 5.10 Å². The van der Waals surface area contributed by atoms with Crippen molar-refractivity contribution in [3.8, 4) is 0 Å². The molecule has 0 heterocycles. The minimum absolute atomic E-state index is 0. The van der Waals surface area contributed by atoms with Crippen molar-refractivity contribution >= 4 is 18.6 Å². The Morgan fingerprint density at radius 1 is 1.31 bits per heavy atom. The van der Waals surface area contributed by atoms with Gasteiger partial charge in [-0.05, 0) is 0 Å². The van der Waals surface area contributed by atoms with E-state index in [0.717, 1.165) is 6.21 Å². The standard InChI is InChI=1S/C5H12N2O4.ClH.Pt/c6-7-1-3(9)5(11)4(10)2-8;;/h1,3-5,8-11H,2,6H2;1H;/b7-1+;;/t3-,4-,5+;;/m1../s1. The number of hydrazone groups is 1. The van der Waals surface area contributed by atoms with Crippen LogP contribution in [0.5, 0.6) is 0 Å². The summed E-state index contributed by atoms with van der Waals surface area (Å²) in [5, 5.41) is 37.8. The summed E-state index contributed by atoms with van der Waals surface area (Å²) in [4.78, 5) is 0. The van der Waals surface area contributed by atoms with E-state index in [-0.39, 0.29) is 33.5 Å². The fourth-order valence-electron chi connectivity index (χ4n) is 0.512. The molecule has 0 saturated heterocycles. The van der Waals surface area contributed by atoms with Gasteiger partial charge >= 0.3 is 0 Å². The molecule has 0 fully saturated rings. The van der Waals surface area contributed by atoms with Gasteiger partial charge in [0, 0.05) is 21.1 Å². The average Bonchev–Trinajstić information content (AvgIpc) is 2.02. The van der Waals surface area contributed by atoms with E-state index in [0.29, 0.717) is 0 Å². The molecule has 0 aromatic rings. The van der Waals surface area contributed by atoms with E-state index in [1.807, 2.05) is 0 Å². The van der Waals surface area contributed by atoms with Gasteiger partial charge in [-0.15, -0.1) is 12.4 Å². The monoisotopic (exact) mass is 395 g/mol. The molecule has 0 aromatic heterocycles. The van der Waals surface area contributed by atoms with Crippen molar-refractivity contribution in [1.82, 2.24) is 0 Å². The van der Waals surface area contributed by atoms with Gasteiger partial charge in [0.15, 0.2) is 0 Å². The Morgan fingerprint density at radius 2 is 1.77 bits per heavy atom. The summed E-state index contributed by atoms with van der Waals surface area (Å²) in [5.74, 6) is 4.66. The van der Waals surface area contributed by atoms with E-state index < -0.39 is 24.9 Å². The molecule has 6 N–H and O–H groups in total. The van der Waals surface area contributed by atoms with E-state index in [1.165, 1.54) is 0 Å². The maximum absolute atomic E-state index is 8.91. The molecule has 0 saturated carbocycles. The number of nitrogens with two attached hydrogens (primary N) is 1. The maximum atomic E-state index is 8.91. The van der Waals surface area contributed by atoms with Crippen molar-refractivity contribution in [3.63, 3.8) is 0 Å². The second-order valence-electron chi connectivity index (χ2n) is 2.03. The molecule has 0 aliphatic carbocycles. The molecule has 0 spiro atoms. The Kier molecular flexibility index (Phi) is 15.1. The van der Waals surface area contributed by atoms with Crippen LogP contribution in [0.15, 0.2) is 5.10 Å². The normalized spacial score (nSPS) is 16.9. The number of halogens is 1. The molecule has 0 unspecified atom stereocenters. The number of nitrogens with zero attached hydrogens (tertiary/aromatic N) is 1. The number of rotatable bonds is 4. The zero-order valence-corrected chi connectivity index (χ0v) is 9.64. The van der Waals surface area contributed by atoms with Crippen LogP contribution < -0.4 is 5.84 Å². The molecule has 0 rings (SSSR count). The molecule has 0 bridgehead atoms. The van der Waals surface area contributed by atoms with Crippen molar-refractivity contribution in [2.75, 3.05) is 6.61 Å². The number of aliphatic hydroxyl groups is 4. The van der Waals surface area contributed by atoms with E-state index in [1.54, 1.807) is 0 Å². The molecule has 8 heteroatoms. The molecule has 0 aliphatic heterocycles. The molecule has 0 aromatic carbocycles. The van der Waals surface area contributed by atoms with Gasteiger partial charge in [0.1, 0.15) is 18.3 Å². The summed E-state index contributed by atoms with van der Waals surface area (Å²) < 4.78 is 0. The predicted octanol–water partition coefficient (Wildman–Crippen LogP) is -2.57. The summed E-state index contributed by atoms with van der Waals surface area (Å²) in [6.07, 6.45) is -3.35. The fraction of sp³-hybridized carbons (Fsp3) is 0.800. The maximum Gasteiger partial charge on any atom is 0.119 e. The SMILES string of the molecule is Cl.N/N=C/[C@@H](O)[C@H](O)[C@H](O)CO.[Pt]. The van der Waals surface area contributed by atoms with Gasteiger partial charge in [0.05, 0.1) is 12.8 Å². The Morgan fingerprint density at radius 3 is 2.08 bits per heavy atom. The number of hydrogen-bond acceptors (Lipinski definition) is 6. The molecule has 6 nitrogen and oxygen atoms in total. The van der Waals surface area contributed by atoms with Crippen LogP contribution in [-0.4, -0.2) is 51.6 Å². The van der Waals surface area contributed by atoms with E-state index >= 15 is 0 Å². The number of aliphatic hydroxyl groups excluding tert-OH is 4. The van der Waals surface area contributed by atoms with E-state index in [4.69, 9.17) is 20.4 Å². The van der Waals surface area contributed by atoms with Crippen molar-refractivity contribution in [3.05, 3.63) is 0 Å². The van der Waals surface area contributed by atoms with E-state index in [9.17, 15) is 0 Å². The smallest absolute Gasteiger partial charge is 0.119 e. The molecule has 3 atom stereocenters. The minimum atomic E-state index is -1.47. The largest absolute Gasteiger partial charge is 0.394 e. The third-order valence-corrected chi connectivity index (χ3v) is 1.17. The van der Waals surface area contributed by atoms with Gasteiger partial charge in [-0.3, -0.25) is 0 Å². The molecule has 84 valence electrons. The molecule has 0 aliphatic rings. The van der Waals surface area contributed by atoms with Gasteiger partial charge in [-0.25, -0.2) is 0 Å². The minimum Gasteiger partial charge on any atom is -0.394 e. The summed E-state index contributed by atoms with van der Waals surface area (Å²) >= 11 is 0. The van der Waals surface area contributed by atoms with E-state index in [2.05, 4.69) is 10.9 Å². The van der Waals surface area contributed by atoms with Gasteiger partial charge in [0.25, 0.3) is 0 Å². The van der Waals surface area contributed by atoms with Crippen molar-refractivity contribution in [1.29, 1.82) is 0 Å². The summed E-state index contributed by atoms with van der Waals surface area (Å²) in [6.45, 7) is -0.628. The van der Waals surface area contributed by atoms with Crippen LogP contribution in [0.4, 0.5) is 0 Å². The second kappa shape index (κ2) is 10.4. The van der Waals surface area contributed by atoms with Gasteiger partial charge < -0.3 is 26.3 Å². The van der Waals surface area contributed by atoms with Crippen molar-refractivity contribution in [2.24, 2.45) is 10.9 Å². The summed E-state index contributed by atoms with van der Waals surface area (Å²) in [6, 6.07) is 0. The number of hydrogen-bond donors (Lipinski definition) is 5. The average molecular weight is 396 g/mol. The second-order valence-corrected chi connectivity index (χ2v) is 2.03. The molecular formula is C5H13ClN2O4Pt. The van der Waals surface area contributed by atoms with Gasteiger partial charge in [0.2, 0.25) is 0 Å². The van der Waals surface area contributed by atoms with Crippen LogP contribution >= 0.6 is 12.4 Å². The van der Waals surface area contributed by atoms with Crippen LogP contribution in [0, 0.1) is 0 Å². The first kappa shape index (κ1) is 19.0. The predicted molar refractivity (Wildman–Crippen MR) is 45.0 cm³/mol. The zero-order valence-electron chi connectivity index (χ0n) is 6.55. The van der Waals surface area contributed by atoms with Crippen LogP contribution in [0.25, 0.3) is 0 Å². The topological polar surface area (TPSA) is 119 Å². The molecule has 0 amide bonds. The van der Waals surface area contributed by atoms with Crippen LogP contribution in [0.1, 0.15) is 0 Å². The first-order valence-corrected chi connectivity index (χ1v) is 3.02. The first-order valence-electron chi connectivity index (χ1n) is 3.02. The molecule has 0 radical (unpaired) electrons. The third-order valence-electron chi connectivity index (χ3n) is 1.17. The van der Waals surface area contributed by atoms with Crippen LogP contribution in [0.3, 0.4) is 0 Å². The van der Waals surface area contributed by atoms with Gasteiger partial charge in [-0.1, -0.05) is 0 Å². The molecule has 13 heavy (non-hydrogen) atoms. The summed E-state index contributed by atoms with van der Waals surface area (Å²) in [5.41, 5.74) is 0. The summed E-state index contributed by atoms with van der Waals surface area (Å²) in [7, 11) is 0. The third kappa shape index (κ3) is 7.37. The van der Waals surface area contributed by atoms with Crippen molar-refractivity contribution < 1.29 is 41.5 Å². The fourth-order valence-corrected chi connectivity index (χ4v) is 0.512. The van der Waals surface area contributed by atoms with Crippen LogP contribution in [0.2, 0.25) is 0 Å². The van der Waals surface area contributed by atoms with Crippen molar-refractivity contribution in [2.45, 2.75) is 18.3 Å². The Balaban J connectivity index is -0.000000500. The Labute approximate surface area is 96.1 Å². The van der Waals surface area contributed by atoms with Crippen LogP contribution in [-0.2, 0) is 21.1 Å². The molecular weight excluding hydrogens is 383 g/mol. The quantitative estimate of drug-likeness (QED) is 0.204. The zero-order chi connectivity index (χ0) is 8.85.